The second kappa shape index (κ2) is 8.64. The molecular weight excluding hydrogens is 388 g/mol. The molecule has 1 heterocycles. The molecule has 158 valence electrons. The van der Waals surface area contributed by atoms with Crippen molar-refractivity contribution < 1.29 is 14.3 Å². The van der Waals surface area contributed by atoms with Crippen LogP contribution in [0.15, 0.2) is 66.7 Å². The largest absolute Gasteiger partial charge is 0.457 e. The molecule has 1 aliphatic rings. The van der Waals surface area contributed by atoms with E-state index in [1.165, 1.54) is 0 Å². The fourth-order valence-corrected chi connectivity index (χ4v) is 3.90. The minimum atomic E-state index is -0.378. The number of anilines is 2. The standard InChI is InChI=1S/C26H26N2O3/c1-17-5-4-6-24(14-17)31-23-9-7-21(8-10-23)27-26(30)20-15-25(29)28(16-20)22-12-18(2)11-19(3)13-22/h4-14,20H,15-16H2,1-3H3,(H,27,30)/t20-/m1/s1. The van der Waals surface area contributed by atoms with Crippen molar-refractivity contribution in [3.63, 3.8) is 0 Å². The van der Waals surface area contributed by atoms with Crippen molar-refractivity contribution in [3.8, 4) is 11.5 Å². The van der Waals surface area contributed by atoms with Gasteiger partial charge in [-0.2, -0.15) is 0 Å². The van der Waals surface area contributed by atoms with Gasteiger partial charge in [-0.25, -0.2) is 0 Å². The molecule has 4 rings (SSSR count). The zero-order valence-corrected chi connectivity index (χ0v) is 18.0. The van der Waals surface area contributed by atoms with Crippen molar-refractivity contribution in [3.05, 3.63) is 83.4 Å². The van der Waals surface area contributed by atoms with Crippen LogP contribution in [-0.2, 0) is 9.59 Å². The van der Waals surface area contributed by atoms with Crippen LogP contribution in [0.5, 0.6) is 11.5 Å². The van der Waals surface area contributed by atoms with Gasteiger partial charge in [-0.1, -0.05) is 18.2 Å². The van der Waals surface area contributed by atoms with Crippen molar-refractivity contribution in [2.24, 2.45) is 5.92 Å². The third-order valence-electron chi connectivity index (χ3n) is 5.36. The lowest BCUT2D eigenvalue weighted by atomic mass is 10.1. The normalized spacial score (nSPS) is 15.8. The van der Waals surface area contributed by atoms with Crippen molar-refractivity contribution >= 4 is 23.2 Å². The van der Waals surface area contributed by atoms with Gasteiger partial charge in [0.25, 0.3) is 0 Å². The van der Waals surface area contributed by atoms with Gasteiger partial charge in [0.1, 0.15) is 11.5 Å². The quantitative estimate of drug-likeness (QED) is 0.608. The first-order valence-electron chi connectivity index (χ1n) is 10.4. The zero-order chi connectivity index (χ0) is 22.0. The molecule has 1 aliphatic heterocycles. The Hall–Kier alpha value is -3.60. The van der Waals surface area contributed by atoms with Gasteiger partial charge in [0.2, 0.25) is 11.8 Å². The van der Waals surface area contributed by atoms with E-state index in [1.54, 1.807) is 4.90 Å². The summed E-state index contributed by atoms with van der Waals surface area (Å²) in [7, 11) is 0. The maximum Gasteiger partial charge on any atom is 0.229 e. The summed E-state index contributed by atoms with van der Waals surface area (Å²) in [5.41, 5.74) is 4.86. The molecule has 0 saturated carbocycles. The number of rotatable bonds is 5. The lowest BCUT2D eigenvalue weighted by molar-refractivity contribution is -0.122. The minimum absolute atomic E-state index is 0.0212. The van der Waals surface area contributed by atoms with Crippen LogP contribution in [0.1, 0.15) is 23.1 Å². The predicted octanol–water partition coefficient (Wildman–Crippen LogP) is 5.40. The fraction of sp³-hybridized carbons (Fsp3) is 0.231. The molecule has 5 nitrogen and oxygen atoms in total. The number of nitrogens with one attached hydrogen (secondary N) is 1. The molecule has 0 aromatic heterocycles. The summed E-state index contributed by atoms with van der Waals surface area (Å²) in [5, 5.41) is 2.93. The third-order valence-corrected chi connectivity index (χ3v) is 5.36. The number of hydrogen-bond acceptors (Lipinski definition) is 3. The molecule has 3 aromatic rings. The topological polar surface area (TPSA) is 58.6 Å². The average molecular weight is 415 g/mol. The first-order valence-corrected chi connectivity index (χ1v) is 10.4. The second-order valence-electron chi connectivity index (χ2n) is 8.18. The Morgan fingerprint density at radius 1 is 0.903 bits per heavy atom. The minimum Gasteiger partial charge on any atom is -0.457 e. The average Bonchev–Trinajstić information content (AvgIpc) is 3.11. The van der Waals surface area contributed by atoms with Crippen molar-refractivity contribution in [2.45, 2.75) is 27.2 Å². The van der Waals surface area contributed by atoms with Crippen molar-refractivity contribution in [1.29, 1.82) is 0 Å². The number of carbonyl (C=O) groups is 2. The highest BCUT2D eigenvalue weighted by atomic mass is 16.5. The van der Waals surface area contributed by atoms with Gasteiger partial charge in [-0.15, -0.1) is 0 Å². The molecule has 2 amide bonds. The molecule has 0 radical (unpaired) electrons. The molecule has 1 fully saturated rings. The van der Waals surface area contributed by atoms with Gasteiger partial charge in [-0.3, -0.25) is 9.59 Å². The summed E-state index contributed by atoms with van der Waals surface area (Å²) < 4.78 is 5.85. The maximum absolute atomic E-state index is 12.8. The van der Waals surface area contributed by atoms with Crippen LogP contribution in [-0.4, -0.2) is 18.4 Å². The zero-order valence-electron chi connectivity index (χ0n) is 18.0. The van der Waals surface area contributed by atoms with E-state index in [9.17, 15) is 9.59 Å². The van der Waals surface area contributed by atoms with Gasteiger partial charge in [0.05, 0.1) is 5.92 Å². The van der Waals surface area contributed by atoms with E-state index >= 15 is 0 Å². The molecule has 1 atom stereocenters. The summed E-state index contributed by atoms with van der Waals surface area (Å²) in [5.74, 6) is 0.921. The van der Waals surface area contributed by atoms with Crippen LogP contribution in [0.25, 0.3) is 0 Å². The monoisotopic (exact) mass is 414 g/mol. The molecule has 5 heteroatoms. The predicted molar refractivity (Wildman–Crippen MR) is 123 cm³/mol. The summed E-state index contributed by atoms with van der Waals surface area (Å²) in [6, 6.07) is 21.1. The number of benzene rings is 3. The second-order valence-corrected chi connectivity index (χ2v) is 8.18. The molecule has 31 heavy (non-hydrogen) atoms. The van der Waals surface area contributed by atoms with E-state index in [4.69, 9.17) is 4.74 Å². The Balaban J connectivity index is 1.38. The van der Waals surface area contributed by atoms with Crippen LogP contribution < -0.4 is 15.0 Å². The van der Waals surface area contributed by atoms with Crippen molar-refractivity contribution in [1.82, 2.24) is 0 Å². The van der Waals surface area contributed by atoms with Crippen LogP contribution in [0, 0.1) is 26.7 Å². The highest BCUT2D eigenvalue weighted by Crippen LogP contribution is 2.28. The SMILES string of the molecule is Cc1cccc(Oc2ccc(NC(=O)[C@@H]3CC(=O)N(c4cc(C)cc(C)c4)C3)cc2)c1. The first kappa shape index (κ1) is 20.7. The number of amides is 2. The van der Waals surface area contributed by atoms with E-state index in [-0.39, 0.29) is 24.2 Å². The summed E-state index contributed by atoms with van der Waals surface area (Å²) >= 11 is 0. The third kappa shape index (κ3) is 4.94. The number of ether oxygens (including phenoxy) is 1. The highest BCUT2D eigenvalue weighted by molar-refractivity contribution is 6.03. The van der Waals surface area contributed by atoms with Gasteiger partial charge in [0.15, 0.2) is 0 Å². The van der Waals surface area contributed by atoms with Crippen LogP contribution >= 0.6 is 0 Å². The molecular formula is C26H26N2O3. The van der Waals surface area contributed by atoms with E-state index in [0.29, 0.717) is 18.0 Å². The first-order chi connectivity index (χ1) is 14.9. The summed E-state index contributed by atoms with van der Waals surface area (Å²) in [6.07, 6.45) is 0.216. The van der Waals surface area contributed by atoms with E-state index < -0.39 is 0 Å². The Morgan fingerprint density at radius 3 is 2.29 bits per heavy atom. The van der Waals surface area contributed by atoms with Gasteiger partial charge in [0, 0.05) is 24.3 Å². The molecule has 3 aromatic carbocycles. The number of hydrogen-bond donors (Lipinski definition) is 1. The molecule has 0 unspecified atom stereocenters. The Morgan fingerprint density at radius 2 is 1.61 bits per heavy atom. The van der Waals surface area contributed by atoms with E-state index in [0.717, 1.165) is 28.1 Å². The molecule has 0 spiro atoms. The van der Waals surface area contributed by atoms with E-state index in [2.05, 4.69) is 11.4 Å². The molecule has 1 saturated heterocycles. The van der Waals surface area contributed by atoms with Crippen molar-refractivity contribution in [2.75, 3.05) is 16.8 Å². The maximum atomic E-state index is 12.8. The smallest absolute Gasteiger partial charge is 0.229 e. The van der Waals surface area contributed by atoms with Gasteiger partial charge >= 0.3 is 0 Å². The van der Waals surface area contributed by atoms with E-state index in [1.807, 2.05) is 81.4 Å². The van der Waals surface area contributed by atoms with Crippen LogP contribution in [0.4, 0.5) is 11.4 Å². The number of carbonyl (C=O) groups excluding carboxylic acids is 2. The van der Waals surface area contributed by atoms with Crippen LogP contribution in [0.3, 0.4) is 0 Å². The molecule has 0 aliphatic carbocycles. The molecule has 1 N–H and O–H groups in total. The van der Waals surface area contributed by atoms with Gasteiger partial charge in [-0.05, 0) is 86.0 Å². The highest BCUT2D eigenvalue weighted by Gasteiger charge is 2.35. The summed E-state index contributed by atoms with van der Waals surface area (Å²) in [6.45, 7) is 6.42. The Bertz CT molecular complexity index is 1100. The lowest BCUT2D eigenvalue weighted by Crippen LogP contribution is -2.28. The number of aryl methyl sites for hydroxylation is 3. The Labute approximate surface area is 182 Å². The lowest BCUT2D eigenvalue weighted by Gasteiger charge is -2.18. The Kier molecular flexibility index (Phi) is 5.76. The van der Waals surface area contributed by atoms with Crippen LogP contribution in [0.2, 0.25) is 0 Å². The summed E-state index contributed by atoms with van der Waals surface area (Å²) in [4.78, 5) is 27.0. The number of nitrogens with zero attached hydrogens (tertiary/aromatic N) is 1. The fourth-order valence-electron chi connectivity index (χ4n) is 3.90. The molecule has 0 bridgehead atoms. The van der Waals surface area contributed by atoms with Gasteiger partial charge < -0.3 is 15.0 Å².